The molecule has 0 spiro atoms. The third-order valence-corrected chi connectivity index (χ3v) is 4.36. The summed E-state index contributed by atoms with van der Waals surface area (Å²) in [5.41, 5.74) is 0.646. The number of aryl methyl sites for hydroxylation is 1. The molecule has 5 nitrogen and oxygen atoms in total. The number of aliphatic carboxylic acids is 1. The van der Waals surface area contributed by atoms with Crippen molar-refractivity contribution >= 4 is 23.2 Å². The molecule has 0 aromatic carbocycles. The van der Waals surface area contributed by atoms with E-state index in [-0.39, 0.29) is 23.7 Å². The van der Waals surface area contributed by atoms with Crippen LogP contribution < -0.4 is 5.32 Å². The zero-order valence-corrected chi connectivity index (χ0v) is 13.4. The van der Waals surface area contributed by atoms with Crippen molar-refractivity contribution in [3.05, 3.63) is 15.6 Å². The lowest BCUT2D eigenvalue weighted by Crippen LogP contribution is -2.29. The van der Waals surface area contributed by atoms with Crippen LogP contribution in [0.4, 0.5) is 0 Å². The van der Waals surface area contributed by atoms with Crippen molar-refractivity contribution in [3.63, 3.8) is 0 Å². The van der Waals surface area contributed by atoms with Crippen LogP contribution in [0.3, 0.4) is 0 Å². The van der Waals surface area contributed by atoms with Crippen molar-refractivity contribution in [1.82, 2.24) is 10.3 Å². The monoisotopic (exact) mass is 298 g/mol. The van der Waals surface area contributed by atoms with Crippen LogP contribution in [-0.4, -0.2) is 28.5 Å². The molecule has 0 aliphatic carbocycles. The van der Waals surface area contributed by atoms with E-state index in [4.69, 9.17) is 5.11 Å². The number of carbonyl (C=O) groups is 2. The number of amides is 1. The number of rotatable bonds is 5. The lowest BCUT2D eigenvalue weighted by Gasteiger charge is -2.13. The van der Waals surface area contributed by atoms with Gasteiger partial charge in [0.15, 0.2) is 0 Å². The van der Waals surface area contributed by atoms with E-state index in [1.54, 1.807) is 6.92 Å². The zero-order valence-electron chi connectivity index (χ0n) is 12.6. The highest BCUT2D eigenvalue weighted by atomic mass is 32.1. The minimum Gasteiger partial charge on any atom is -0.481 e. The van der Waals surface area contributed by atoms with Crippen LogP contribution in [0.5, 0.6) is 0 Å². The third-order valence-electron chi connectivity index (χ3n) is 2.78. The zero-order chi connectivity index (χ0) is 15.5. The van der Waals surface area contributed by atoms with Gasteiger partial charge in [0, 0.05) is 18.4 Å². The van der Waals surface area contributed by atoms with E-state index in [2.05, 4.69) is 31.1 Å². The summed E-state index contributed by atoms with van der Waals surface area (Å²) >= 11 is 1.40. The first-order chi connectivity index (χ1) is 9.11. The lowest BCUT2D eigenvalue weighted by molar-refractivity contribution is -0.137. The first-order valence-electron chi connectivity index (χ1n) is 6.59. The number of aromatic nitrogens is 1. The Morgan fingerprint density at radius 3 is 2.45 bits per heavy atom. The molecule has 20 heavy (non-hydrogen) atoms. The summed E-state index contributed by atoms with van der Waals surface area (Å²) in [5.74, 6) is -1.12. The van der Waals surface area contributed by atoms with Crippen molar-refractivity contribution in [1.29, 1.82) is 0 Å². The molecular formula is C14H22N2O3S. The largest absolute Gasteiger partial charge is 0.481 e. The summed E-state index contributed by atoms with van der Waals surface area (Å²) in [7, 11) is 0. The Hall–Kier alpha value is -1.43. The van der Waals surface area contributed by atoms with Gasteiger partial charge in [-0.15, -0.1) is 11.3 Å². The van der Waals surface area contributed by atoms with Gasteiger partial charge in [0.25, 0.3) is 5.91 Å². The van der Waals surface area contributed by atoms with E-state index in [0.29, 0.717) is 11.4 Å². The topological polar surface area (TPSA) is 79.3 Å². The molecule has 1 rings (SSSR count). The number of hydrogen-bond acceptors (Lipinski definition) is 4. The van der Waals surface area contributed by atoms with Crippen LogP contribution in [0.15, 0.2) is 0 Å². The summed E-state index contributed by atoms with van der Waals surface area (Å²) in [4.78, 5) is 27.7. The maximum atomic E-state index is 12.1. The summed E-state index contributed by atoms with van der Waals surface area (Å²) in [6, 6.07) is 0. The quantitative estimate of drug-likeness (QED) is 0.875. The third kappa shape index (κ3) is 4.59. The Kier molecular flexibility index (Phi) is 5.28. The van der Waals surface area contributed by atoms with Crippen molar-refractivity contribution in [3.8, 4) is 0 Å². The Labute approximate surface area is 123 Å². The molecule has 1 unspecified atom stereocenters. The highest BCUT2D eigenvalue weighted by molar-refractivity contribution is 7.14. The van der Waals surface area contributed by atoms with Gasteiger partial charge in [0.1, 0.15) is 4.88 Å². The van der Waals surface area contributed by atoms with Crippen LogP contribution in [-0.2, 0) is 10.2 Å². The number of carboxylic acids is 1. The van der Waals surface area contributed by atoms with Crippen LogP contribution in [0, 0.1) is 12.8 Å². The fourth-order valence-electron chi connectivity index (χ4n) is 1.65. The second-order valence-electron chi connectivity index (χ2n) is 6.10. The molecule has 6 heteroatoms. The average Bonchev–Trinajstić information content (AvgIpc) is 2.67. The van der Waals surface area contributed by atoms with Crippen LogP contribution in [0.1, 0.15) is 54.5 Å². The SMILES string of the molecule is Cc1nc(C(C)(C)C)sc1C(=O)NCC(C)CC(=O)O. The Morgan fingerprint density at radius 1 is 1.40 bits per heavy atom. The van der Waals surface area contributed by atoms with E-state index in [1.165, 1.54) is 11.3 Å². The van der Waals surface area contributed by atoms with E-state index < -0.39 is 5.97 Å². The van der Waals surface area contributed by atoms with Crippen molar-refractivity contribution < 1.29 is 14.7 Å². The molecule has 0 fully saturated rings. The minimum atomic E-state index is -0.851. The van der Waals surface area contributed by atoms with Gasteiger partial charge in [0.2, 0.25) is 0 Å². The van der Waals surface area contributed by atoms with Crippen molar-refractivity contribution in [2.45, 2.75) is 46.5 Å². The predicted octanol–water partition coefficient (Wildman–Crippen LogP) is 2.59. The molecule has 0 saturated carbocycles. The number of carbonyl (C=O) groups excluding carboxylic acids is 1. The van der Waals surface area contributed by atoms with Gasteiger partial charge in [-0.1, -0.05) is 27.7 Å². The van der Waals surface area contributed by atoms with E-state index in [9.17, 15) is 9.59 Å². The van der Waals surface area contributed by atoms with E-state index in [1.807, 2.05) is 6.92 Å². The maximum absolute atomic E-state index is 12.1. The molecular weight excluding hydrogens is 276 g/mol. The normalized spacial score (nSPS) is 13.1. The van der Waals surface area contributed by atoms with Crippen LogP contribution >= 0.6 is 11.3 Å². The van der Waals surface area contributed by atoms with Gasteiger partial charge < -0.3 is 10.4 Å². The van der Waals surface area contributed by atoms with Gasteiger partial charge in [-0.25, -0.2) is 4.98 Å². The number of nitrogens with one attached hydrogen (secondary N) is 1. The van der Waals surface area contributed by atoms with E-state index >= 15 is 0 Å². The second-order valence-corrected chi connectivity index (χ2v) is 7.10. The Bertz CT molecular complexity index is 503. The minimum absolute atomic E-state index is 0.0508. The summed E-state index contributed by atoms with van der Waals surface area (Å²) < 4.78 is 0. The average molecular weight is 298 g/mol. The van der Waals surface area contributed by atoms with Gasteiger partial charge in [-0.3, -0.25) is 9.59 Å². The second kappa shape index (κ2) is 6.35. The van der Waals surface area contributed by atoms with Crippen molar-refractivity contribution in [2.24, 2.45) is 5.92 Å². The highest BCUT2D eigenvalue weighted by Gasteiger charge is 2.23. The van der Waals surface area contributed by atoms with Gasteiger partial charge in [0.05, 0.1) is 10.7 Å². The fraction of sp³-hybridized carbons (Fsp3) is 0.643. The molecule has 0 saturated heterocycles. The summed E-state index contributed by atoms with van der Waals surface area (Å²) in [6.45, 7) is 10.1. The lowest BCUT2D eigenvalue weighted by atomic mass is 9.98. The van der Waals surface area contributed by atoms with Gasteiger partial charge >= 0.3 is 5.97 Å². The Morgan fingerprint density at radius 2 is 2.00 bits per heavy atom. The molecule has 112 valence electrons. The van der Waals surface area contributed by atoms with Gasteiger partial charge in [-0.2, -0.15) is 0 Å². The molecule has 1 aromatic heterocycles. The molecule has 1 aromatic rings. The number of carboxylic acid groups (broad SMARTS) is 1. The number of nitrogens with zero attached hydrogens (tertiary/aromatic N) is 1. The molecule has 0 radical (unpaired) electrons. The fourth-order valence-corrected chi connectivity index (χ4v) is 2.69. The molecule has 1 heterocycles. The molecule has 2 N–H and O–H groups in total. The number of hydrogen-bond donors (Lipinski definition) is 2. The Balaban J connectivity index is 2.69. The molecule has 1 atom stereocenters. The first-order valence-corrected chi connectivity index (χ1v) is 7.40. The smallest absolute Gasteiger partial charge is 0.303 e. The number of thiazole rings is 1. The van der Waals surface area contributed by atoms with Gasteiger partial charge in [-0.05, 0) is 12.8 Å². The molecule has 0 aliphatic rings. The highest BCUT2D eigenvalue weighted by Crippen LogP contribution is 2.29. The van der Waals surface area contributed by atoms with Crippen LogP contribution in [0.25, 0.3) is 0 Å². The van der Waals surface area contributed by atoms with Crippen molar-refractivity contribution in [2.75, 3.05) is 6.54 Å². The molecule has 0 bridgehead atoms. The molecule has 0 aliphatic heterocycles. The van der Waals surface area contributed by atoms with Crippen LogP contribution in [0.2, 0.25) is 0 Å². The standard InChI is InChI=1S/C14H22N2O3S/c1-8(6-10(17)18)7-15-12(19)11-9(2)16-13(20-11)14(3,4)5/h8H,6-7H2,1-5H3,(H,15,19)(H,17,18). The summed E-state index contributed by atoms with van der Waals surface area (Å²) in [6.07, 6.45) is 0.0508. The van der Waals surface area contributed by atoms with E-state index in [0.717, 1.165) is 10.7 Å². The first kappa shape index (κ1) is 16.6. The summed E-state index contributed by atoms with van der Waals surface area (Å²) in [5, 5.41) is 12.4. The molecule has 1 amide bonds. The predicted molar refractivity (Wildman–Crippen MR) is 79.3 cm³/mol. The maximum Gasteiger partial charge on any atom is 0.303 e.